The van der Waals surface area contributed by atoms with Gasteiger partial charge in [0.15, 0.2) is 0 Å². The number of hydrogen-bond acceptors (Lipinski definition) is 2. The van der Waals surface area contributed by atoms with Gasteiger partial charge < -0.3 is 4.57 Å². The third kappa shape index (κ3) is 3.58. The maximum absolute atomic E-state index is 6.03. The highest BCUT2D eigenvalue weighted by Crippen LogP contribution is 2.29. The van der Waals surface area contributed by atoms with Crippen LogP contribution in [0.3, 0.4) is 0 Å². The second kappa shape index (κ2) is 7.59. The summed E-state index contributed by atoms with van der Waals surface area (Å²) in [4.78, 5) is 7.39. The minimum absolute atomic E-state index is 0.526. The fourth-order valence-corrected chi connectivity index (χ4v) is 4.11. The standard InChI is InChI=1S/C21H24ClN3/c22-13-10-21-23-19-8-4-5-9-20(19)25(21)18-11-14-24(15-12-18)16-17-6-2-1-3-7-17/h1-9,18H,10-16H2. The fourth-order valence-electron chi connectivity index (χ4n) is 3.94. The van der Waals surface area contributed by atoms with Crippen molar-refractivity contribution < 1.29 is 0 Å². The summed E-state index contributed by atoms with van der Waals surface area (Å²) < 4.78 is 2.46. The summed E-state index contributed by atoms with van der Waals surface area (Å²) in [6, 6.07) is 19.8. The van der Waals surface area contributed by atoms with E-state index in [0.717, 1.165) is 37.4 Å². The lowest BCUT2D eigenvalue weighted by molar-refractivity contribution is 0.180. The van der Waals surface area contributed by atoms with Crippen LogP contribution < -0.4 is 0 Å². The number of aromatic nitrogens is 2. The van der Waals surface area contributed by atoms with E-state index in [1.165, 1.54) is 23.9 Å². The number of imidazole rings is 1. The van der Waals surface area contributed by atoms with Crippen LogP contribution in [0.1, 0.15) is 30.3 Å². The van der Waals surface area contributed by atoms with Gasteiger partial charge in [-0.15, -0.1) is 11.6 Å². The molecule has 0 N–H and O–H groups in total. The highest BCUT2D eigenvalue weighted by atomic mass is 35.5. The molecule has 3 nitrogen and oxygen atoms in total. The highest BCUT2D eigenvalue weighted by molar-refractivity contribution is 6.17. The average molecular weight is 354 g/mol. The topological polar surface area (TPSA) is 21.1 Å². The number of halogens is 1. The van der Waals surface area contributed by atoms with E-state index in [1.54, 1.807) is 0 Å². The molecule has 0 atom stereocenters. The van der Waals surface area contributed by atoms with Gasteiger partial charge in [-0.3, -0.25) is 4.90 Å². The number of nitrogens with zero attached hydrogens (tertiary/aromatic N) is 3. The number of benzene rings is 2. The zero-order valence-electron chi connectivity index (χ0n) is 14.4. The third-order valence-corrected chi connectivity index (χ3v) is 5.35. The van der Waals surface area contributed by atoms with Crippen LogP contribution in [0.4, 0.5) is 0 Å². The van der Waals surface area contributed by atoms with Crippen molar-refractivity contribution in [3.63, 3.8) is 0 Å². The molecule has 130 valence electrons. The van der Waals surface area contributed by atoms with Crippen molar-refractivity contribution in [2.75, 3.05) is 19.0 Å². The van der Waals surface area contributed by atoms with E-state index in [4.69, 9.17) is 16.6 Å². The predicted octanol–water partition coefficient (Wildman–Crippen LogP) is 4.65. The largest absolute Gasteiger partial charge is 0.325 e. The van der Waals surface area contributed by atoms with Gasteiger partial charge in [-0.25, -0.2) is 4.98 Å². The summed E-state index contributed by atoms with van der Waals surface area (Å²) in [6.45, 7) is 3.31. The molecule has 0 spiro atoms. The zero-order chi connectivity index (χ0) is 17.1. The van der Waals surface area contributed by atoms with E-state index in [-0.39, 0.29) is 0 Å². The predicted molar refractivity (Wildman–Crippen MR) is 104 cm³/mol. The molecule has 1 fully saturated rings. The van der Waals surface area contributed by atoms with Crippen molar-refractivity contribution in [2.45, 2.75) is 31.8 Å². The van der Waals surface area contributed by atoms with Crippen LogP contribution in [0.15, 0.2) is 54.6 Å². The Morgan fingerprint density at radius 3 is 2.44 bits per heavy atom. The molecule has 2 heterocycles. The molecule has 4 rings (SSSR count). The number of hydrogen-bond donors (Lipinski definition) is 0. The van der Waals surface area contributed by atoms with Crippen LogP contribution in [0.25, 0.3) is 11.0 Å². The van der Waals surface area contributed by atoms with E-state index < -0.39 is 0 Å². The molecule has 1 saturated heterocycles. The highest BCUT2D eigenvalue weighted by Gasteiger charge is 2.24. The smallest absolute Gasteiger partial charge is 0.111 e. The molecule has 0 saturated carbocycles. The summed E-state index contributed by atoms with van der Waals surface area (Å²) in [5, 5.41) is 0. The number of para-hydroxylation sites is 2. The molecule has 2 aromatic carbocycles. The number of fused-ring (bicyclic) bond motifs is 1. The van der Waals surface area contributed by atoms with E-state index >= 15 is 0 Å². The minimum Gasteiger partial charge on any atom is -0.325 e. The summed E-state index contributed by atoms with van der Waals surface area (Å²) in [5.74, 6) is 1.76. The fraction of sp³-hybridized carbons (Fsp3) is 0.381. The van der Waals surface area contributed by atoms with Crippen LogP contribution >= 0.6 is 11.6 Å². The molecule has 0 radical (unpaired) electrons. The van der Waals surface area contributed by atoms with Crippen molar-refractivity contribution in [1.29, 1.82) is 0 Å². The first-order valence-electron chi connectivity index (χ1n) is 9.13. The Hall–Kier alpha value is -1.84. The number of piperidine rings is 1. The van der Waals surface area contributed by atoms with Gasteiger partial charge in [-0.1, -0.05) is 42.5 Å². The number of likely N-dealkylation sites (tertiary alicyclic amines) is 1. The molecule has 0 aliphatic carbocycles. The minimum atomic E-state index is 0.526. The van der Waals surface area contributed by atoms with Gasteiger partial charge in [0, 0.05) is 38.0 Å². The van der Waals surface area contributed by atoms with E-state index in [2.05, 4.69) is 64.1 Å². The number of aryl methyl sites for hydroxylation is 1. The second-order valence-corrected chi connectivity index (χ2v) is 7.20. The van der Waals surface area contributed by atoms with Crippen LogP contribution in [-0.2, 0) is 13.0 Å². The first-order chi connectivity index (χ1) is 12.3. The summed E-state index contributed by atoms with van der Waals surface area (Å²) in [7, 11) is 0. The maximum atomic E-state index is 6.03. The van der Waals surface area contributed by atoms with Gasteiger partial charge in [0.1, 0.15) is 5.82 Å². The van der Waals surface area contributed by atoms with Gasteiger partial charge >= 0.3 is 0 Å². The molecule has 25 heavy (non-hydrogen) atoms. The molecular formula is C21H24ClN3. The summed E-state index contributed by atoms with van der Waals surface area (Å²) in [6.07, 6.45) is 3.17. The normalized spacial score (nSPS) is 16.5. The van der Waals surface area contributed by atoms with Crippen molar-refractivity contribution in [2.24, 2.45) is 0 Å². The lowest BCUT2D eigenvalue weighted by Gasteiger charge is -2.33. The van der Waals surface area contributed by atoms with Gasteiger partial charge in [0.05, 0.1) is 11.0 Å². The zero-order valence-corrected chi connectivity index (χ0v) is 15.2. The van der Waals surface area contributed by atoms with Gasteiger partial charge in [0.25, 0.3) is 0 Å². The molecule has 0 amide bonds. The Balaban J connectivity index is 1.50. The molecule has 0 bridgehead atoms. The first kappa shape index (κ1) is 16.6. The van der Waals surface area contributed by atoms with Gasteiger partial charge in [0.2, 0.25) is 0 Å². The van der Waals surface area contributed by atoms with E-state index in [0.29, 0.717) is 11.9 Å². The Kier molecular flexibility index (Phi) is 5.04. The second-order valence-electron chi connectivity index (χ2n) is 6.82. The Morgan fingerprint density at radius 1 is 0.960 bits per heavy atom. The molecule has 0 unspecified atom stereocenters. The third-order valence-electron chi connectivity index (χ3n) is 5.16. The summed E-state index contributed by atoms with van der Waals surface area (Å²) >= 11 is 6.03. The van der Waals surface area contributed by atoms with Crippen LogP contribution in [0, 0.1) is 0 Å². The van der Waals surface area contributed by atoms with Crippen LogP contribution in [-0.4, -0.2) is 33.4 Å². The first-order valence-corrected chi connectivity index (χ1v) is 9.66. The Morgan fingerprint density at radius 2 is 1.68 bits per heavy atom. The lowest BCUT2D eigenvalue weighted by atomic mass is 10.0. The van der Waals surface area contributed by atoms with Crippen molar-refractivity contribution in [1.82, 2.24) is 14.5 Å². The number of alkyl halides is 1. The average Bonchev–Trinajstić information content (AvgIpc) is 3.02. The molecule has 3 aromatic rings. The van der Waals surface area contributed by atoms with E-state index in [1.807, 2.05) is 0 Å². The molecular weight excluding hydrogens is 330 g/mol. The monoisotopic (exact) mass is 353 g/mol. The maximum Gasteiger partial charge on any atom is 0.111 e. The lowest BCUT2D eigenvalue weighted by Crippen LogP contribution is -2.34. The SMILES string of the molecule is ClCCc1nc2ccccc2n1C1CCN(Cc2ccccc2)CC1. The van der Waals surface area contributed by atoms with Crippen molar-refractivity contribution in [3.05, 3.63) is 66.0 Å². The molecule has 1 aliphatic heterocycles. The number of rotatable bonds is 5. The van der Waals surface area contributed by atoms with Crippen LogP contribution in [0.2, 0.25) is 0 Å². The molecule has 4 heteroatoms. The quantitative estimate of drug-likeness (QED) is 0.622. The van der Waals surface area contributed by atoms with Gasteiger partial charge in [-0.2, -0.15) is 0 Å². The van der Waals surface area contributed by atoms with E-state index in [9.17, 15) is 0 Å². The van der Waals surface area contributed by atoms with Crippen LogP contribution in [0.5, 0.6) is 0 Å². The molecule has 1 aromatic heterocycles. The Bertz CT molecular complexity index is 820. The van der Waals surface area contributed by atoms with Crippen molar-refractivity contribution >= 4 is 22.6 Å². The van der Waals surface area contributed by atoms with Crippen molar-refractivity contribution in [3.8, 4) is 0 Å². The Labute approximate surface area is 154 Å². The molecule has 1 aliphatic rings. The summed E-state index contributed by atoms with van der Waals surface area (Å²) in [5.41, 5.74) is 3.75. The van der Waals surface area contributed by atoms with Gasteiger partial charge in [-0.05, 0) is 30.5 Å².